The number of benzene rings is 2. The summed E-state index contributed by atoms with van der Waals surface area (Å²) in [5.41, 5.74) is 2.89. The maximum Gasteiger partial charge on any atom is 0.220 e. The Morgan fingerprint density at radius 2 is 1.64 bits per heavy atom. The van der Waals surface area contributed by atoms with Crippen LogP contribution in [0.4, 0.5) is 0 Å². The van der Waals surface area contributed by atoms with Crippen LogP contribution in [-0.4, -0.2) is 37.3 Å². The molecule has 0 heterocycles. The first kappa shape index (κ1) is 21.6. The Morgan fingerprint density at radius 1 is 0.964 bits per heavy atom. The Bertz CT molecular complexity index is 770. The zero-order chi connectivity index (χ0) is 20.4. The van der Waals surface area contributed by atoms with E-state index >= 15 is 0 Å². The van der Waals surface area contributed by atoms with Crippen molar-refractivity contribution in [2.24, 2.45) is 0 Å². The number of rotatable bonds is 11. The Balaban J connectivity index is 1.80. The van der Waals surface area contributed by atoms with E-state index in [0.29, 0.717) is 18.7 Å². The predicted molar refractivity (Wildman–Crippen MR) is 111 cm³/mol. The summed E-state index contributed by atoms with van der Waals surface area (Å²) < 4.78 is 5.52. The van der Waals surface area contributed by atoms with Gasteiger partial charge in [0.25, 0.3) is 0 Å². The molecule has 0 unspecified atom stereocenters. The van der Waals surface area contributed by atoms with Crippen molar-refractivity contribution in [1.82, 2.24) is 10.2 Å². The summed E-state index contributed by atoms with van der Waals surface area (Å²) in [4.78, 5) is 26.6. The highest BCUT2D eigenvalue weighted by Gasteiger charge is 2.10. The van der Waals surface area contributed by atoms with Crippen LogP contribution in [0.5, 0.6) is 5.75 Å². The second kappa shape index (κ2) is 11.2. The number of amides is 1. The van der Waals surface area contributed by atoms with E-state index in [2.05, 4.69) is 16.3 Å². The van der Waals surface area contributed by atoms with Gasteiger partial charge in [-0.15, -0.1) is 0 Å². The van der Waals surface area contributed by atoms with Gasteiger partial charge in [-0.05, 0) is 55.9 Å². The van der Waals surface area contributed by atoms with Gasteiger partial charge in [0.15, 0.2) is 5.78 Å². The molecule has 1 amide bonds. The summed E-state index contributed by atoms with van der Waals surface area (Å²) >= 11 is 0. The molecule has 0 bridgehead atoms. The fourth-order valence-electron chi connectivity index (χ4n) is 2.84. The number of hydrogen-bond donors (Lipinski definition) is 1. The molecule has 0 fully saturated rings. The molecule has 1 N–H and O–H groups in total. The fraction of sp³-hybridized carbons (Fsp3) is 0.391. The second-order valence-electron chi connectivity index (χ2n) is 7.08. The summed E-state index contributed by atoms with van der Waals surface area (Å²) in [6.45, 7) is 4.00. The molecule has 0 saturated heterocycles. The average Bonchev–Trinajstić information content (AvgIpc) is 2.69. The molecule has 2 rings (SSSR count). The molecule has 5 nitrogen and oxygen atoms in total. The Labute approximate surface area is 167 Å². The largest absolute Gasteiger partial charge is 0.494 e. The van der Waals surface area contributed by atoms with Crippen LogP contribution in [-0.2, 0) is 17.9 Å². The highest BCUT2D eigenvalue weighted by atomic mass is 16.5. The monoisotopic (exact) mass is 382 g/mol. The van der Waals surface area contributed by atoms with Crippen LogP contribution in [0.2, 0.25) is 0 Å². The molecule has 5 heteroatoms. The van der Waals surface area contributed by atoms with Crippen molar-refractivity contribution in [1.29, 1.82) is 0 Å². The number of ketones is 1. The van der Waals surface area contributed by atoms with Gasteiger partial charge in [0.05, 0.1) is 6.61 Å². The third kappa shape index (κ3) is 7.16. The summed E-state index contributed by atoms with van der Waals surface area (Å²) in [5.74, 6) is 0.605. The molecule has 150 valence electrons. The molecule has 0 saturated carbocycles. The highest BCUT2D eigenvalue weighted by molar-refractivity contribution is 5.98. The molecule has 0 radical (unpaired) electrons. The lowest BCUT2D eigenvalue weighted by Gasteiger charge is -2.14. The molecular formula is C23H30N2O3. The normalized spacial score (nSPS) is 10.7. The molecule has 28 heavy (non-hydrogen) atoms. The van der Waals surface area contributed by atoms with Crippen LogP contribution in [0, 0.1) is 0 Å². The standard InChI is InChI=1S/C23H30N2O3/c1-4-15-28-21-11-9-18(10-12-21)22(26)13-14-23(27)24-16-19-7-5-6-8-20(19)17-25(2)3/h5-12H,4,13-17H2,1-3H3,(H,24,27). The van der Waals surface area contributed by atoms with Crippen LogP contribution >= 0.6 is 0 Å². The van der Waals surface area contributed by atoms with E-state index in [1.807, 2.05) is 39.2 Å². The van der Waals surface area contributed by atoms with Crippen molar-refractivity contribution < 1.29 is 14.3 Å². The van der Waals surface area contributed by atoms with Gasteiger partial charge in [-0.1, -0.05) is 31.2 Å². The van der Waals surface area contributed by atoms with E-state index in [9.17, 15) is 9.59 Å². The minimum absolute atomic E-state index is 0.0369. The SMILES string of the molecule is CCCOc1ccc(C(=O)CCC(=O)NCc2ccccc2CN(C)C)cc1. The summed E-state index contributed by atoms with van der Waals surface area (Å²) in [5, 5.41) is 2.92. The van der Waals surface area contributed by atoms with Crippen LogP contribution in [0.15, 0.2) is 48.5 Å². The van der Waals surface area contributed by atoms with Crippen LogP contribution < -0.4 is 10.1 Å². The van der Waals surface area contributed by atoms with E-state index in [1.165, 1.54) is 5.56 Å². The van der Waals surface area contributed by atoms with Crippen molar-refractivity contribution in [2.75, 3.05) is 20.7 Å². The van der Waals surface area contributed by atoms with E-state index in [1.54, 1.807) is 24.3 Å². The van der Waals surface area contributed by atoms with Crippen molar-refractivity contribution in [3.8, 4) is 5.75 Å². The Hall–Kier alpha value is -2.66. The number of carbonyl (C=O) groups excluding carboxylic acids is 2. The maximum atomic E-state index is 12.3. The van der Waals surface area contributed by atoms with Gasteiger partial charge < -0.3 is 15.0 Å². The van der Waals surface area contributed by atoms with Crippen molar-refractivity contribution in [2.45, 2.75) is 39.3 Å². The summed E-state index contributed by atoms with van der Waals surface area (Å²) in [6.07, 6.45) is 1.32. The van der Waals surface area contributed by atoms with Gasteiger partial charge in [0.2, 0.25) is 5.91 Å². The van der Waals surface area contributed by atoms with Gasteiger partial charge in [-0.3, -0.25) is 9.59 Å². The van der Waals surface area contributed by atoms with Crippen LogP contribution in [0.1, 0.15) is 47.7 Å². The molecule has 0 spiro atoms. The first-order valence-electron chi connectivity index (χ1n) is 9.74. The second-order valence-corrected chi connectivity index (χ2v) is 7.08. The molecule has 2 aromatic carbocycles. The lowest BCUT2D eigenvalue weighted by Crippen LogP contribution is -2.24. The van der Waals surface area contributed by atoms with Gasteiger partial charge in [0, 0.05) is 31.5 Å². The average molecular weight is 383 g/mol. The Kier molecular flexibility index (Phi) is 8.69. The minimum atomic E-state index is -0.115. The molecule has 0 aliphatic carbocycles. The summed E-state index contributed by atoms with van der Waals surface area (Å²) in [7, 11) is 4.03. The number of nitrogens with one attached hydrogen (secondary N) is 1. The van der Waals surface area contributed by atoms with Crippen molar-refractivity contribution in [3.05, 3.63) is 65.2 Å². The van der Waals surface area contributed by atoms with Crippen LogP contribution in [0.3, 0.4) is 0 Å². The van der Waals surface area contributed by atoms with Crippen molar-refractivity contribution in [3.63, 3.8) is 0 Å². The van der Waals surface area contributed by atoms with E-state index in [4.69, 9.17) is 4.74 Å². The molecule has 2 aromatic rings. The number of carbonyl (C=O) groups is 2. The number of nitrogens with zero attached hydrogens (tertiary/aromatic N) is 1. The third-order valence-electron chi connectivity index (χ3n) is 4.31. The molecule has 0 aliphatic rings. The van der Waals surface area contributed by atoms with Gasteiger partial charge >= 0.3 is 0 Å². The lowest BCUT2D eigenvalue weighted by molar-refractivity contribution is -0.121. The molecule has 0 aromatic heterocycles. The predicted octanol–water partition coefficient (Wildman–Crippen LogP) is 3.82. The molecule has 0 aliphatic heterocycles. The number of Topliss-reactive ketones (excluding diaryl/α,β-unsaturated/α-hetero) is 1. The highest BCUT2D eigenvalue weighted by Crippen LogP contribution is 2.15. The first-order chi connectivity index (χ1) is 13.5. The number of ether oxygens (including phenoxy) is 1. The smallest absolute Gasteiger partial charge is 0.220 e. The van der Waals surface area contributed by atoms with E-state index in [0.717, 1.165) is 24.3 Å². The van der Waals surface area contributed by atoms with E-state index < -0.39 is 0 Å². The summed E-state index contributed by atoms with van der Waals surface area (Å²) in [6, 6.07) is 15.2. The third-order valence-corrected chi connectivity index (χ3v) is 4.31. The van der Waals surface area contributed by atoms with E-state index in [-0.39, 0.29) is 24.5 Å². The van der Waals surface area contributed by atoms with Gasteiger partial charge in [0.1, 0.15) is 5.75 Å². The Morgan fingerprint density at radius 3 is 2.29 bits per heavy atom. The van der Waals surface area contributed by atoms with Gasteiger partial charge in [-0.2, -0.15) is 0 Å². The van der Waals surface area contributed by atoms with Crippen molar-refractivity contribution >= 4 is 11.7 Å². The quantitative estimate of drug-likeness (QED) is 0.600. The first-order valence-corrected chi connectivity index (χ1v) is 9.74. The maximum absolute atomic E-state index is 12.3. The topological polar surface area (TPSA) is 58.6 Å². The minimum Gasteiger partial charge on any atom is -0.494 e. The molecular weight excluding hydrogens is 352 g/mol. The molecule has 0 atom stereocenters. The number of hydrogen-bond acceptors (Lipinski definition) is 4. The van der Waals surface area contributed by atoms with Crippen LogP contribution in [0.25, 0.3) is 0 Å². The zero-order valence-corrected chi connectivity index (χ0v) is 17.0. The van der Waals surface area contributed by atoms with Gasteiger partial charge in [-0.25, -0.2) is 0 Å². The zero-order valence-electron chi connectivity index (χ0n) is 17.0. The fourth-order valence-corrected chi connectivity index (χ4v) is 2.84. The lowest BCUT2D eigenvalue weighted by atomic mass is 10.1.